The molecule has 0 bridgehead atoms. The normalized spacial score (nSPS) is 18.9. The minimum Gasteiger partial charge on any atom is -0.368 e. The Balaban J connectivity index is 2.41. The molecule has 1 atom stereocenters. The van der Waals surface area contributed by atoms with E-state index in [9.17, 15) is 9.59 Å². The molecule has 1 aromatic rings. The number of carbonyl (C=O) groups is 1. The van der Waals surface area contributed by atoms with Gasteiger partial charge in [-0.25, -0.2) is 4.68 Å². The maximum atomic E-state index is 12.1. The highest BCUT2D eigenvalue weighted by Crippen LogP contribution is 2.24. The first-order valence-electron chi connectivity index (χ1n) is 6.19. The number of rotatable bonds is 4. The fourth-order valence-corrected chi connectivity index (χ4v) is 2.69. The van der Waals surface area contributed by atoms with Crippen LogP contribution in [0.25, 0.3) is 0 Å². The van der Waals surface area contributed by atoms with E-state index in [4.69, 9.17) is 5.73 Å². The number of aromatic nitrogens is 2. The number of amides is 1. The zero-order chi connectivity index (χ0) is 14.7. The zero-order valence-corrected chi connectivity index (χ0v) is 12.5. The van der Waals surface area contributed by atoms with Crippen LogP contribution < -0.4 is 21.5 Å². The number of anilines is 1. The molecule has 0 spiro atoms. The standard InChI is InChI=1S/C12H16BrN5O2/c1-2-4-18-12(20)10(13)8(7-16-18)17-5-3-15-6-9(17)11(14)19/h2,7,9,15H,1,3-6H2,(H2,14,19). The molecular weight excluding hydrogens is 326 g/mol. The minimum absolute atomic E-state index is 0.260. The molecule has 1 saturated heterocycles. The summed E-state index contributed by atoms with van der Waals surface area (Å²) < 4.78 is 1.67. The van der Waals surface area contributed by atoms with Crippen molar-refractivity contribution in [3.8, 4) is 0 Å². The van der Waals surface area contributed by atoms with E-state index in [2.05, 4.69) is 32.9 Å². The molecular formula is C12H16BrN5O2. The number of hydrogen-bond acceptors (Lipinski definition) is 5. The first-order chi connectivity index (χ1) is 9.56. The molecule has 0 aliphatic carbocycles. The first-order valence-corrected chi connectivity index (χ1v) is 6.98. The van der Waals surface area contributed by atoms with Gasteiger partial charge in [0.1, 0.15) is 10.5 Å². The molecule has 108 valence electrons. The van der Waals surface area contributed by atoms with E-state index >= 15 is 0 Å². The van der Waals surface area contributed by atoms with Crippen LogP contribution in [0.1, 0.15) is 0 Å². The largest absolute Gasteiger partial charge is 0.368 e. The van der Waals surface area contributed by atoms with Gasteiger partial charge in [0, 0.05) is 19.6 Å². The van der Waals surface area contributed by atoms with Crippen molar-refractivity contribution in [3.63, 3.8) is 0 Å². The average Bonchev–Trinajstić information content (AvgIpc) is 2.44. The molecule has 0 aromatic carbocycles. The predicted octanol–water partition coefficient (Wildman–Crippen LogP) is -0.545. The first kappa shape index (κ1) is 14.7. The summed E-state index contributed by atoms with van der Waals surface area (Å²) in [5, 5.41) is 7.19. The van der Waals surface area contributed by atoms with Crippen LogP contribution in [0.4, 0.5) is 5.69 Å². The van der Waals surface area contributed by atoms with Crippen molar-refractivity contribution in [1.29, 1.82) is 0 Å². The number of nitrogens with two attached hydrogens (primary N) is 1. The van der Waals surface area contributed by atoms with E-state index in [1.165, 1.54) is 4.68 Å². The maximum Gasteiger partial charge on any atom is 0.283 e. The average molecular weight is 342 g/mol. The number of nitrogens with zero attached hydrogens (tertiary/aromatic N) is 3. The van der Waals surface area contributed by atoms with E-state index in [0.29, 0.717) is 36.3 Å². The Morgan fingerprint density at radius 3 is 3.10 bits per heavy atom. The fraction of sp³-hybridized carbons (Fsp3) is 0.417. The van der Waals surface area contributed by atoms with Gasteiger partial charge < -0.3 is 16.0 Å². The van der Waals surface area contributed by atoms with Crippen molar-refractivity contribution in [1.82, 2.24) is 15.1 Å². The third-order valence-corrected chi connectivity index (χ3v) is 3.90. The Kier molecular flexibility index (Phi) is 4.56. The molecule has 2 heterocycles. The maximum absolute atomic E-state index is 12.1. The molecule has 1 amide bonds. The molecule has 1 aliphatic rings. The highest BCUT2D eigenvalue weighted by molar-refractivity contribution is 9.10. The quantitative estimate of drug-likeness (QED) is 0.717. The van der Waals surface area contributed by atoms with Gasteiger partial charge in [0.25, 0.3) is 5.56 Å². The van der Waals surface area contributed by atoms with Crippen LogP contribution in [-0.2, 0) is 11.3 Å². The Morgan fingerprint density at radius 2 is 2.45 bits per heavy atom. The summed E-state index contributed by atoms with van der Waals surface area (Å²) in [5.41, 5.74) is 5.73. The van der Waals surface area contributed by atoms with Crippen LogP contribution in [0.5, 0.6) is 0 Å². The van der Waals surface area contributed by atoms with Gasteiger partial charge >= 0.3 is 0 Å². The van der Waals surface area contributed by atoms with Crippen LogP contribution in [0.2, 0.25) is 0 Å². The van der Waals surface area contributed by atoms with Gasteiger partial charge in [-0.05, 0) is 15.9 Å². The van der Waals surface area contributed by atoms with Crippen molar-refractivity contribution >= 4 is 27.5 Å². The van der Waals surface area contributed by atoms with Gasteiger partial charge in [0.2, 0.25) is 5.91 Å². The second-order valence-corrected chi connectivity index (χ2v) is 5.23. The second-order valence-electron chi connectivity index (χ2n) is 4.44. The smallest absolute Gasteiger partial charge is 0.283 e. The summed E-state index contributed by atoms with van der Waals surface area (Å²) in [6, 6.07) is -0.489. The van der Waals surface area contributed by atoms with E-state index < -0.39 is 11.9 Å². The molecule has 1 fully saturated rings. The SMILES string of the molecule is C=CCn1ncc(N2CCNCC2C(N)=O)c(Br)c1=O. The summed E-state index contributed by atoms with van der Waals surface area (Å²) in [6.07, 6.45) is 3.16. The minimum atomic E-state index is -0.489. The molecule has 7 nitrogen and oxygen atoms in total. The van der Waals surface area contributed by atoms with E-state index in [0.717, 1.165) is 0 Å². The van der Waals surface area contributed by atoms with Crippen LogP contribution >= 0.6 is 15.9 Å². The number of carbonyl (C=O) groups excluding carboxylic acids is 1. The lowest BCUT2D eigenvalue weighted by Crippen LogP contribution is -2.57. The second kappa shape index (κ2) is 6.19. The number of hydrogen-bond donors (Lipinski definition) is 2. The van der Waals surface area contributed by atoms with Crippen molar-refractivity contribution in [2.45, 2.75) is 12.6 Å². The van der Waals surface area contributed by atoms with Crippen LogP contribution in [-0.4, -0.2) is 41.4 Å². The van der Waals surface area contributed by atoms with E-state index in [-0.39, 0.29) is 5.56 Å². The van der Waals surface area contributed by atoms with Gasteiger partial charge in [-0.3, -0.25) is 9.59 Å². The molecule has 3 N–H and O–H groups in total. The predicted molar refractivity (Wildman–Crippen MR) is 79.6 cm³/mol. The van der Waals surface area contributed by atoms with Crippen LogP contribution in [0.15, 0.2) is 28.1 Å². The molecule has 8 heteroatoms. The Morgan fingerprint density at radius 1 is 1.70 bits per heavy atom. The summed E-state index contributed by atoms with van der Waals surface area (Å²) >= 11 is 3.29. The summed E-state index contributed by atoms with van der Waals surface area (Å²) in [5.74, 6) is -0.431. The lowest BCUT2D eigenvalue weighted by atomic mass is 10.1. The molecule has 20 heavy (non-hydrogen) atoms. The number of nitrogens with one attached hydrogen (secondary N) is 1. The summed E-state index contributed by atoms with van der Waals surface area (Å²) in [4.78, 5) is 25.5. The molecule has 0 saturated carbocycles. The number of allylic oxidation sites excluding steroid dienone is 1. The third kappa shape index (κ3) is 2.75. The van der Waals surface area contributed by atoms with Crippen molar-refractivity contribution in [2.75, 3.05) is 24.5 Å². The lowest BCUT2D eigenvalue weighted by Gasteiger charge is -2.36. The van der Waals surface area contributed by atoms with Crippen molar-refractivity contribution in [2.24, 2.45) is 5.73 Å². The lowest BCUT2D eigenvalue weighted by molar-refractivity contribution is -0.119. The molecule has 1 unspecified atom stereocenters. The van der Waals surface area contributed by atoms with Crippen LogP contribution in [0.3, 0.4) is 0 Å². The van der Waals surface area contributed by atoms with Gasteiger partial charge in [0.05, 0.1) is 18.4 Å². The van der Waals surface area contributed by atoms with Crippen molar-refractivity contribution in [3.05, 3.63) is 33.7 Å². The number of halogens is 1. The Bertz CT molecular complexity index is 586. The van der Waals surface area contributed by atoms with Gasteiger partial charge in [-0.1, -0.05) is 6.08 Å². The number of piperazine rings is 1. The topological polar surface area (TPSA) is 93.2 Å². The third-order valence-electron chi connectivity index (χ3n) is 3.15. The fourth-order valence-electron chi connectivity index (χ4n) is 2.16. The highest BCUT2D eigenvalue weighted by Gasteiger charge is 2.29. The summed E-state index contributed by atoms with van der Waals surface area (Å²) in [7, 11) is 0. The Hall–Kier alpha value is -1.67. The van der Waals surface area contributed by atoms with Crippen LogP contribution in [0, 0.1) is 0 Å². The molecule has 2 rings (SSSR count). The van der Waals surface area contributed by atoms with E-state index in [1.807, 2.05) is 0 Å². The monoisotopic (exact) mass is 341 g/mol. The zero-order valence-electron chi connectivity index (χ0n) is 10.9. The molecule has 1 aromatic heterocycles. The van der Waals surface area contributed by atoms with E-state index in [1.54, 1.807) is 17.2 Å². The molecule has 0 radical (unpaired) electrons. The van der Waals surface area contributed by atoms with Gasteiger partial charge in [0.15, 0.2) is 0 Å². The highest BCUT2D eigenvalue weighted by atomic mass is 79.9. The molecule has 1 aliphatic heterocycles. The van der Waals surface area contributed by atoms with Gasteiger partial charge in [-0.2, -0.15) is 5.10 Å². The van der Waals surface area contributed by atoms with Crippen molar-refractivity contribution < 1.29 is 4.79 Å². The summed E-state index contributed by atoms with van der Waals surface area (Å²) in [6.45, 7) is 5.66. The number of primary amides is 1. The Labute approximate surface area is 124 Å². The van der Waals surface area contributed by atoms with Gasteiger partial charge in [-0.15, -0.1) is 6.58 Å².